The van der Waals surface area contributed by atoms with Crippen molar-refractivity contribution < 1.29 is 4.74 Å². The Bertz CT molecular complexity index is 608. The molecule has 2 aliphatic rings. The Morgan fingerprint density at radius 1 is 1.26 bits per heavy atom. The highest BCUT2D eigenvalue weighted by Crippen LogP contribution is 2.41. The van der Waals surface area contributed by atoms with Crippen LogP contribution < -0.4 is 4.90 Å². The van der Waals surface area contributed by atoms with Gasteiger partial charge >= 0.3 is 0 Å². The average molecular weight is 332 g/mol. The van der Waals surface area contributed by atoms with Crippen LogP contribution in [0.1, 0.15) is 31.7 Å². The summed E-state index contributed by atoms with van der Waals surface area (Å²) in [5.74, 6) is 1.48. The molecule has 0 aromatic carbocycles. The average Bonchev–Trinajstić information content (AvgIpc) is 3.35. The van der Waals surface area contributed by atoms with Crippen LogP contribution in [0, 0.1) is 28.6 Å². The smallest absolute Gasteiger partial charge is 0.228 e. The summed E-state index contributed by atoms with van der Waals surface area (Å²) in [6.45, 7) is 3.15. The van der Waals surface area contributed by atoms with Crippen molar-refractivity contribution in [3.8, 4) is 12.1 Å². The van der Waals surface area contributed by atoms with Crippen LogP contribution in [-0.4, -0.2) is 46.8 Å². The van der Waals surface area contributed by atoms with Gasteiger partial charge in [0.1, 0.15) is 0 Å². The molecular formula is C15H20N6OS. The highest BCUT2D eigenvalue weighted by Gasteiger charge is 2.32. The molecule has 0 radical (unpaired) electrons. The Morgan fingerprint density at radius 3 is 2.70 bits per heavy atom. The molecular weight excluding hydrogens is 312 g/mol. The first-order valence-electron chi connectivity index (χ1n) is 8.00. The quantitative estimate of drug-likeness (QED) is 0.705. The predicted octanol–water partition coefficient (Wildman–Crippen LogP) is 1.99. The van der Waals surface area contributed by atoms with Crippen LogP contribution in [0.5, 0.6) is 0 Å². The van der Waals surface area contributed by atoms with Gasteiger partial charge in [-0.25, -0.2) is 0 Å². The van der Waals surface area contributed by atoms with Gasteiger partial charge in [-0.2, -0.15) is 10.5 Å². The van der Waals surface area contributed by atoms with Crippen molar-refractivity contribution in [3.05, 3.63) is 0 Å². The minimum Gasteiger partial charge on any atom is -0.378 e. The first-order valence-corrected chi connectivity index (χ1v) is 8.99. The van der Waals surface area contributed by atoms with Gasteiger partial charge in [-0.15, -0.1) is 10.2 Å². The Morgan fingerprint density at radius 2 is 2.04 bits per heavy atom. The maximum atomic E-state index is 9.19. The molecule has 1 aromatic rings. The first kappa shape index (κ1) is 16.1. The van der Waals surface area contributed by atoms with E-state index < -0.39 is 0 Å². The Balaban J connectivity index is 1.68. The Kier molecular flexibility index (Phi) is 5.37. The number of rotatable bonds is 7. The highest BCUT2D eigenvalue weighted by molar-refractivity contribution is 7.99. The van der Waals surface area contributed by atoms with Gasteiger partial charge in [-0.1, -0.05) is 11.8 Å². The molecule has 1 atom stereocenters. The molecule has 0 bridgehead atoms. The van der Waals surface area contributed by atoms with E-state index in [4.69, 9.17) is 10.00 Å². The molecule has 1 saturated carbocycles. The lowest BCUT2D eigenvalue weighted by Gasteiger charge is -2.27. The summed E-state index contributed by atoms with van der Waals surface area (Å²) in [5.41, 5.74) is 0. The summed E-state index contributed by atoms with van der Waals surface area (Å²) in [5, 5.41) is 27.5. The van der Waals surface area contributed by atoms with Crippen molar-refractivity contribution in [3.63, 3.8) is 0 Å². The normalized spacial score (nSPS) is 19.1. The summed E-state index contributed by atoms with van der Waals surface area (Å²) < 4.78 is 7.64. The molecule has 0 amide bonds. The van der Waals surface area contributed by atoms with Crippen LogP contribution in [-0.2, 0) is 4.74 Å². The monoisotopic (exact) mass is 332 g/mol. The van der Waals surface area contributed by atoms with Crippen LogP contribution in [0.2, 0.25) is 0 Å². The lowest BCUT2D eigenvalue weighted by atomic mass is 10.1. The zero-order valence-electron chi connectivity index (χ0n) is 13.0. The molecule has 1 aromatic heterocycles. The summed E-state index contributed by atoms with van der Waals surface area (Å²) in [7, 11) is 0. The van der Waals surface area contributed by atoms with E-state index in [9.17, 15) is 5.26 Å². The van der Waals surface area contributed by atoms with Crippen LogP contribution >= 0.6 is 11.8 Å². The summed E-state index contributed by atoms with van der Waals surface area (Å²) in [4.78, 5) is 2.23. The maximum absolute atomic E-state index is 9.19. The number of aromatic nitrogens is 3. The Labute approximate surface area is 140 Å². The predicted molar refractivity (Wildman–Crippen MR) is 86.0 cm³/mol. The van der Waals surface area contributed by atoms with Crippen molar-refractivity contribution in [2.45, 2.75) is 36.9 Å². The summed E-state index contributed by atoms with van der Waals surface area (Å²) in [6.07, 6.45) is 3.37. The SMILES string of the molecule is N#CCC[C@H](C#N)CSc1nnc(N2CCOCC2)n1C1CC1. The van der Waals surface area contributed by atoms with Gasteiger partial charge in [-0.3, -0.25) is 4.57 Å². The fourth-order valence-electron chi connectivity index (χ4n) is 2.60. The molecule has 23 heavy (non-hydrogen) atoms. The van der Waals surface area contributed by atoms with Crippen LogP contribution in [0.15, 0.2) is 5.16 Å². The molecule has 2 heterocycles. The zero-order chi connectivity index (χ0) is 16.1. The third-order valence-electron chi connectivity index (χ3n) is 4.05. The summed E-state index contributed by atoms with van der Waals surface area (Å²) >= 11 is 1.58. The van der Waals surface area contributed by atoms with E-state index in [-0.39, 0.29) is 5.92 Å². The maximum Gasteiger partial charge on any atom is 0.228 e. The van der Waals surface area contributed by atoms with Gasteiger partial charge in [0.05, 0.1) is 31.3 Å². The Hall–Kier alpha value is -1.77. The van der Waals surface area contributed by atoms with E-state index in [0.717, 1.165) is 37.4 Å². The molecule has 3 rings (SSSR count). The minimum absolute atomic E-state index is 0.115. The van der Waals surface area contributed by atoms with E-state index in [1.54, 1.807) is 11.8 Å². The second-order valence-corrected chi connectivity index (χ2v) is 6.80. The van der Waals surface area contributed by atoms with Gasteiger partial charge in [-0.05, 0) is 19.3 Å². The van der Waals surface area contributed by atoms with Crippen LogP contribution in [0.25, 0.3) is 0 Å². The van der Waals surface area contributed by atoms with Gasteiger partial charge in [0.25, 0.3) is 0 Å². The number of nitrogens with zero attached hydrogens (tertiary/aromatic N) is 6. The lowest BCUT2D eigenvalue weighted by molar-refractivity contribution is 0.121. The molecule has 122 valence electrons. The molecule has 7 nitrogen and oxygen atoms in total. The van der Waals surface area contributed by atoms with Crippen molar-refractivity contribution in [2.75, 3.05) is 37.0 Å². The molecule has 8 heteroatoms. The van der Waals surface area contributed by atoms with Crippen molar-refractivity contribution in [1.29, 1.82) is 10.5 Å². The summed E-state index contributed by atoms with van der Waals surface area (Å²) in [6, 6.07) is 4.88. The van der Waals surface area contributed by atoms with E-state index in [1.165, 1.54) is 12.8 Å². The first-order chi connectivity index (χ1) is 11.3. The second-order valence-electron chi connectivity index (χ2n) is 5.82. The van der Waals surface area contributed by atoms with E-state index in [1.807, 2.05) is 0 Å². The fourth-order valence-corrected chi connectivity index (χ4v) is 3.66. The zero-order valence-corrected chi connectivity index (χ0v) is 13.8. The van der Waals surface area contributed by atoms with Crippen molar-refractivity contribution >= 4 is 17.7 Å². The molecule has 0 unspecified atom stereocenters. The van der Waals surface area contributed by atoms with Crippen LogP contribution in [0.3, 0.4) is 0 Å². The molecule has 1 saturated heterocycles. The molecule has 2 fully saturated rings. The van der Waals surface area contributed by atoms with E-state index in [0.29, 0.717) is 24.6 Å². The molecule has 1 aliphatic carbocycles. The molecule has 1 aliphatic heterocycles. The van der Waals surface area contributed by atoms with E-state index >= 15 is 0 Å². The van der Waals surface area contributed by atoms with Gasteiger partial charge < -0.3 is 9.64 Å². The fraction of sp³-hybridized carbons (Fsp3) is 0.733. The van der Waals surface area contributed by atoms with Gasteiger partial charge in [0.15, 0.2) is 5.16 Å². The number of morpholine rings is 1. The molecule has 0 spiro atoms. The topological polar surface area (TPSA) is 90.8 Å². The largest absolute Gasteiger partial charge is 0.378 e. The standard InChI is InChI=1S/C15H20N6OS/c16-5-1-2-12(10-17)11-23-15-19-18-14(21(15)13-3-4-13)20-6-8-22-9-7-20/h12-13H,1-4,6-9,11H2/t12-/m1/s1. The van der Waals surface area contributed by atoms with Crippen molar-refractivity contribution in [1.82, 2.24) is 14.8 Å². The van der Waals surface area contributed by atoms with Crippen molar-refractivity contribution in [2.24, 2.45) is 5.92 Å². The number of nitriles is 2. The molecule has 0 N–H and O–H groups in total. The second kappa shape index (κ2) is 7.67. The third-order valence-corrected chi connectivity index (χ3v) is 5.16. The number of anilines is 1. The van der Waals surface area contributed by atoms with E-state index in [2.05, 4.69) is 31.8 Å². The number of hydrogen-bond acceptors (Lipinski definition) is 7. The number of hydrogen-bond donors (Lipinski definition) is 0. The minimum atomic E-state index is -0.115. The van der Waals surface area contributed by atoms with Gasteiger partial charge in [0, 0.05) is 31.3 Å². The number of thioether (sulfide) groups is 1. The van der Waals surface area contributed by atoms with Gasteiger partial charge in [0.2, 0.25) is 5.95 Å². The number of ether oxygens (including phenoxy) is 1. The highest BCUT2D eigenvalue weighted by atomic mass is 32.2. The lowest BCUT2D eigenvalue weighted by Crippen LogP contribution is -2.38. The third kappa shape index (κ3) is 3.95. The van der Waals surface area contributed by atoms with Crippen LogP contribution in [0.4, 0.5) is 5.95 Å².